The van der Waals surface area contributed by atoms with Crippen molar-refractivity contribution < 1.29 is 14.6 Å². The van der Waals surface area contributed by atoms with Crippen LogP contribution in [-0.2, 0) is 9.53 Å². The lowest BCUT2D eigenvalue weighted by Crippen LogP contribution is -2.31. The van der Waals surface area contributed by atoms with Crippen molar-refractivity contribution in [3.8, 4) is 0 Å². The van der Waals surface area contributed by atoms with Crippen molar-refractivity contribution in [2.45, 2.75) is 32.3 Å². The molecule has 0 aliphatic heterocycles. The van der Waals surface area contributed by atoms with Crippen LogP contribution in [0.25, 0.3) is 0 Å². The van der Waals surface area contributed by atoms with E-state index >= 15 is 0 Å². The van der Waals surface area contributed by atoms with Gasteiger partial charge in [0.25, 0.3) is 0 Å². The fraction of sp³-hybridized carbons (Fsp3) is 0.533. The van der Waals surface area contributed by atoms with Gasteiger partial charge in [0.15, 0.2) is 0 Å². The number of ether oxygens (including phenoxy) is 1. The van der Waals surface area contributed by atoms with Crippen LogP contribution < -0.4 is 5.32 Å². The summed E-state index contributed by atoms with van der Waals surface area (Å²) in [6, 6.07) is 10.2. The first-order chi connectivity index (χ1) is 9.13. The Balaban J connectivity index is 2.21. The van der Waals surface area contributed by atoms with E-state index in [4.69, 9.17) is 4.74 Å². The Morgan fingerprint density at radius 2 is 2.00 bits per heavy atom. The molecule has 106 valence electrons. The molecule has 4 heteroatoms. The van der Waals surface area contributed by atoms with Crippen molar-refractivity contribution in [2.75, 3.05) is 19.7 Å². The summed E-state index contributed by atoms with van der Waals surface area (Å²) in [5.41, 5.74) is 1.26. The van der Waals surface area contributed by atoms with E-state index in [2.05, 4.69) is 24.4 Å². The van der Waals surface area contributed by atoms with E-state index in [1.54, 1.807) is 6.92 Å². The second-order valence-electron chi connectivity index (χ2n) is 4.63. The van der Waals surface area contributed by atoms with E-state index < -0.39 is 6.10 Å². The lowest BCUT2D eigenvalue weighted by atomic mass is 10.0. The van der Waals surface area contributed by atoms with Gasteiger partial charge in [-0.1, -0.05) is 37.3 Å². The van der Waals surface area contributed by atoms with Gasteiger partial charge in [-0.2, -0.15) is 0 Å². The molecule has 2 atom stereocenters. The molecule has 0 saturated carbocycles. The molecular formula is C15H23NO3. The van der Waals surface area contributed by atoms with Crippen molar-refractivity contribution in [1.29, 1.82) is 0 Å². The van der Waals surface area contributed by atoms with Crippen LogP contribution >= 0.6 is 0 Å². The molecule has 1 aromatic carbocycles. The summed E-state index contributed by atoms with van der Waals surface area (Å²) in [7, 11) is 0. The molecule has 0 bridgehead atoms. The fourth-order valence-electron chi connectivity index (χ4n) is 1.85. The van der Waals surface area contributed by atoms with Gasteiger partial charge in [-0.3, -0.25) is 4.79 Å². The Morgan fingerprint density at radius 1 is 1.32 bits per heavy atom. The van der Waals surface area contributed by atoms with Crippen LogP contribution in [-0.4, -0.2) is 36.9 Å². The van der Waals surface area contributed by atoms with E-state index in [0.29, 0.717) is 19.1 Å². The van der Waals surface area contributed by atoms with Crippen molar-refractivity contribution >= 4 is 5.97 Å². The maximum absolute atomic E-state index is 11.2. The summed E-state index contributed by atoms with van der Waals surface area (Å²) < 4.78 is 4.78. The highest BCUT2D eigenvalue weighted by Gasteiger charge is 2.12. The van der Waals surface area contributed by atoms with Crippen LogP contribution in [0.4, 0.5) is 0 Å². The number of nitrogens with one attached hydrogen (secondary N) is 1. The number of esters is 1. The molecule has 0 saturated heterocycles. The van der Waals surface area contributed by atoms with Gasteiger partial charge in [0.1, 0.15) is 0 Å². The number of aliphatic hydroxyl groups is 1. The predicted octanol–water partition coefficient (Wildman–Crippen LogP) is 1.69. The number of carbonyl (C=O) groups is 1. The first kappa shape index (κ1) is 15.7. The molecule has 0 spiro atoms. The van der Waals surface area contributed by atoms with E-state index in [0.717, 1.165) is 6.54 Å². The van der Waals surface area contributed by atoms with Crippen molar-refractivity contribution in [1.82, 2.24) is 5.32 Å². The summed E-state index contributed by atoms with van der Waals surface area (Å²) in [6.45, 7) is 5.40. The normalized spacial score (nSPS) is 13.8. The molecule has 4 nitrogen and oxygen atoms in total. The molecule has 2 N–H and O–H groups in total. The average molecular weight is 265 g/mol. The first-order valence-corrected chi connectivity index (χ1v) is 6.72. The summed E-state index contributed by atoms with van der Waals surface area (Å²) in [5, 5.41) is 12.8. The number of benzene rings is 1. The molecule has 2 unspecified atom stereocenters. The number of aliphatic hydroxyl groups excluding tert-OH is 1. The minimum absolute atomic E-state index is 0.0422. The SMILES string of the molecule is CCOC(=O)CC(O)CNCC(C)c1ccccc1. The first-order valence-electron chi connectivity index (χ1n) is 6.72. The van der Waals surface area contributed by atoms with Gasteiger partial charge in [0, 0.05) is 13.1 Å². The summed E-state index contributed by atoms with van der Waals surface area (Å²) in [6.07, 6.45) is -0.650. The molecule has 0 aromatic heterocycles. The smallest absolute Gasteiger partial charge is 0.308 e. The monoisotopic (exact) mass is 265 g/mol. The maximum Gasteiger partial charge on any atom is 0.308 e. The van der Waals surface area contributed by atoms with Gasteiger partial charge in [0.2, 0.25) is 0 Å². The Kier molecular flexibility index (Phi) is 7.15. The molecule has 0 amide bonds. The van der Waals surface area contributed by atoms with Gasteiger partial charge in [-0.25, -0.2) is 0 Å². The second-order valence-corrected chi connectivity index (χ2v) is 4.63. The van der Waals surface area contributed by atoms with Gasteiger partial charge < -0.3 is 15.2 Å². The van der Waals surface area contributed by atoms with Gasteiger partial charge in [-0.05, 0) is 18.4 Å². The number of rotatable bonds is 8. The Morgan fingerprint density at radius 3 is 2.63 bits per heavy atom. The second kappa shape index (κ2) is 8.67. The minimum atomic E-state index is -0.693. The molecule has 0 heterocycles. The van der Waals surface area contributed by atoms with Gasteiger partial charge in [0.05, 0.1) is 19.1 Å². The lowest BCUT2D eigenvalue weighted by Gasteiger charge is -2.15. The third-order valence-corrected chi connectivity index (χ3v) is 2.91. The average Bonchev–Trinajstić information content (AvgIpc) is 2.39. The summed E-state index contributed by atoms with van der Waals surface area (Å²) in [4.78, 5) is 11.2. The Hall–Kier alpha value is -1.39. The molecular weight excluding hydrogens is 242 g/mol. The van der Waals surface area contributed by atoms with Crippen molar-refractivity contribution in [3.05, 3.63) is 35.9 Å². The number of hydrogen-bond acceptors (Lipinski definition) is 4. The summed E-state index contributed by atoms with van der Waals surface area (Å²) in [5.74, 6) is 0.0175. The van der Waals surface area contributed by atoms with Gasteiger partial charge in [-0.15, -0.1) is 0 Å². The standard InChI is InChI=1S/C15H23NO3/c1-3-19-15(18)9-14(17)11-16-10-12(2)13-7-5-4-6-8-13/h4-8,12,14,16-17H,3,9-11H2,1-2H3. The Labute approximate surface area is 114 Å². The third kappa shape index (κ3) is 6.36. The maximum atomic E-state index is 11.2. The van der Waals surface area contributed by atoms with Crippen molar-refractivity contribution in [3.63, 3.8) is 0 Å². The van der Waals surface area contributed by atoms with Crippen LogP contribution in [0.2, 0.25) is 0 Å². The molecule has 0 radical (unpaired) electrons. The number of hydrogen-bond donors (Lipinski definition) is 2. The summed E-state index contributed by atoms with van der Waals surface area (Å²) >= 11 is 0. The minimum Gasteiger partial charge on any atom is -0.466 e. The van der Waals surface area contributed by atoms with E-state index in [1.807, 2.05) is 18.2 Å². The quantitative estimate of drug-likeness (QED) is 0.702. The van der Waals surface area contributed by atoms with Crippen LogP contribution in [0.15, 0.2) is 30.3 Å². The predicted molar refractivity (Wildman–Crippen MR) is 75.0 cm³/mol. The molecule has 0 aliphatic rings. The molecule has 0 aliphatic carbocycles. The fourth-order valence-corrected chi connectivity index (χ4v) is 1.85. The molecule has 1 aromatic rings. The van der Waals surface area contributed by atoms with E-state index in [9.17, 15) is 9.90 Å². The van der Waals surface area contributed by atoms with Crippen LogP contribution in [0.1, 0.15) is 31.7 Å². The molecule has 0 fully saturated rings. The van der Waals surface area contributed by atoms with Crippen LogP contribution in [0, 0.1) is 0 Å². The lowest BCUT2D eigenvalue weighted by molar-refractivity contribution is -0.145. The van der Waals surface area contributed by atoms with E-state index in [-0.39, 0.29) is 12.4 Å². The highest BCUT2D eigenvalue weighted by molar-refractivity contribution is 5.69. The largest absolute Gasteiger partial charge is 0.466 e. The van der Waals surface area contributed by atoms with Crippen molar-refractivity contribution in [2.24, 2.45) is 0 Å². The Bertz CT molecular complexity index is 367. The van der Waals surface area contributed by atoms with E-state index in [1.165, 1.54) is 5.56 Å². The molecule has 19 heavy (non-hydrogen) atoms. The number of carbonyl (C=O) groups excluding carboxylic acids is 1. The zero-order valence-electron chi connectivity index (χ0n) is 11.6. The topological polar surface area (TPSA) is 58.6 Å². The van der Waals surface area contributed by atoms with Crippen LogP contribution in [0.5, 0.6) is 0 Å². The van der Waals surface area contributed by atoms with Crippen LogP contribution in [0.3, 0.4) is 0 Å². The third-order valence-electron chi connectivity index (χ3n) is 2.91. The van der Waals surface area contributed by atoms with Gasteiger partial charge >= 0.3 is 5.97 Å². The zero-order chi connectivity index (χ0) is 14.1. The zero-order valence-corrected chi connectivity index (χ0v) is 11.6. The highest BCUT2D eigenvalue weighted by Crippen LogP contribution is 2.12. The molecule has 1 rings (SSSR count). The highest BCUT2D eigenvalue weighted by atomic mass is 16.5.